The van der Waals surface area contributed by atoms with E-state index >= 15 is 0 Å². The van der Waals surface area contributed by atoms with Crippen LogP contribution in [0.2, 0.25) is 0 Å². The van der Waals surface area contributed by atoms with Crippen molar-refractivity contribution in [3.63, 3.8) is 0 Å². The Morgan fingerprint density at radius 2 is 2.00 bits per heavy atom. The fourth-order valence-corrected chi connectivity index (χ4v) is 2.50. The second-order valence-corrected chi connectivity index (χ2v) is 5.13. The third kappa shape index (κ3) is 3.46. The fraction of sp³-hybridized carbons (Fsp3) is 0.917. The van der Waals surface area contributed by atoms with Crippen LogP contribution in [0.1, 0.15) is 39.5 Å². The molecule has 0 radical (unpaired) electrons. The summed E-state index contributed by atoms with van der Waals surface area (Å²) < 4.78 is 0. The summed E-state index contributed by atoms with van der Waals surface area (Å²) in [5.74, 6) is 5.84. The Labute approximate surface area is 98.5 Å². The highest BCUT2D eigenvalue weighted by molar-refractivity contribution is 5.78. The van der Waals surface area contributed by atoms with Crippen LogP contribution in [0.25, 0.3) is 0 Å². The van der Waals surface area contributed by atoms with E-state index in [1.165, 1.54) is 25.7 Å². The molecule has 0 bridgehead atoms. The van der Waals surface area contributed by atoms with Gasteiger partial charge < -0.3 is 4.90 Å². The lowest BCUT2D eigenvalue weighted by Crippen LogP contribution is -2.45. The fourth-order valence-electron chi connectivity index (χ4n) is 2.50. The number of amides is 1. The molecule has 0 heterocycles. The van der Waals surface area contributed by atoms with Crippen molar-refractivity contribution in [1.29, 1.82) is 0 Å². The zero-order valence-electron chi connectivity index (χ0n) is 10.7. The van der Waals surface area contributed by atoms with Crippen LogP contribution in [-0.2, 0) is 4.79 Å². The highest BCUT2D eigenvalue weighted by atomic mass is 16.2. The molecule has 0 aromatic heterocycles. The van der Waals surface area contributed by atoms with Gasteiger partial charge in [-0.3, -0.25) is 10.2 Å². The van der Waals surface area contributed by atoms with Crippen LogP contribution in [0.15, 0.2) is 0 Å². The summed E-state index contributed by atoms with van der Waals surface area (Å²) in [4.78, 5) is 13.7. The summed E-state index contributed by atoms with van der Waals surface area (Å²) in [6.45, 7) is 5.12. The molecule has 3 N–H and O–H groups in total. The smallest absolute Gasteiger partial charge is 0.238 e. The van der Waals surface area contributed by atoms with Crippen LogP contribution in [0.4, 0.5) is 0 Å². The van der Waals surface area contributed by atoms with Crippen molar-refractivity contribution >= 4 is 5.91 Å². The van der Waals surface area contributed by atoms with Crippen LogP contribution >= 0.6 is 0 Å². The van der Waals surface area contributed by atoms with E-state index in [2.05, 4.69) is 24.3 Å². The summed E-state index contributed by atoms with van der Waals surface area (Å²) in [7, 11) is 2.10. The van der Waals surface area contributed by atoms with E-state index in [4.69, 9.17) is 5.84 Å². The number of carbonyl (C=O) groups is 1. The van der Waals surface area contributed by atoms with Crippen molar-refractivity contribution < 1.29 is 4.79 Å². The maximum atomic E-state index is 11.4. The first-order valence-electron chi connectivity index (χ1n) is 6.27. The van der Waals surface area contributed by atoms with Crippen molar-refractivity contribution in [2.75, 3.05) is 13.6 Å². The number of nitrogens with one attached hydrogen (secondary N) is 1. The predicted octanol–water partition coefficient (Wildman–Crippen LogP) is 1.12. The Morgan fingerprint density at radius 1 is 1.44 bits per heavy atom. The second-order valence-electron chi connectivity index (χ2n) is 5.13. The van der Waals surface area contributed by atoms with Gasteiger partial charge in [0.05, 0.1) is 5.92 Å². The lowest BCUT2D eigenvalue weighted by atomic mass is 9.99. The van der Waals surface area contributed by atoms with Gasteiger partial charge in [0.2, 0.25) is 5.91 Å². The minimum atomic E-state index is -0.0780. The quantitative estimate of drug-likeness (QED) is 0.420. The Bertz CT molecular complexity index is 226. The molecule has 1 rings (SSSR count). The first-order valence-corrected chi connectivity index (χ1v) is 6.27. The molecule has 1 saturated carbocycles. The Morgan fingerprint density at radius 3 is 2.50 bits per heavy atom. The minimum absolute atomic E-state index is 0.0589. The number of hydrazine groups is 1. The predicted molar refractivity (Wildman–Crippen MR) is 65.5 cm³/mol. The first-order chi connectivity index (χ1) is 7.56. The monoisotopic (exact) mass is 227 g/mol. The minimum Gasteiger partial charge on any atom is -0.303 e. The summed E-state index contributed by atoms with van der Waals surface area (Å²) in [5.41, 5.74) is 2.23. The van der Waals surface area contributed by atoms with Crippen molar-refractivity contribution in [2.24, 2.45) is 17.7 Å². The van der Waals surface area contributed by atoms with Crippen LogP contribution in [0.3, 0.4) is 0 Å². The maximum Gasteiger partial charge on any atom is 0.238 e. The molecule has 4 heteroatoms. The van der Waals surface area contributed by atoms with E-state index in [1.54, 1.807) is 0 Å². The molecule has 0 spiro atoms. The number of carbonyl (C=O) groups excluding carboxylic acids is 1. The summed E-state index contributed by atoms with van der Waals surface area (Å²) in [6, 6.07) is 0.240. The van der Waals surface area contributed by atoms with Gasteiger partial charge in [0, 0.05) is 12.6 Å². The Balaban J connectivity index is 2.39. The molecule has 0 aliphatic heterocycles. The van der Waals surface area contributed by atoms with E-state index in [0.717, 1.165) is 12.5 Å². The van der Waals surface area contributed by atoms with Gasteiger partial charge in [-0.25, -0.2) is 5.84 Å². The third-order valence-corrected chi connectivity index (χ3v) is 4.00. The van der Waals surface area contributed by atoms with Gasteiger partial charge in [-0.05, 0) is 32.7 Å². The van der Waals surface area contributed by atoms with E-state index in [-0.39, 0.29) is 17.9 Å². The van der Waals surface area contributed by atoms with Gasteiger partial charge in [-0.2, -0.15) is 0 Å². The topological polar surface area (TPSA) is 58.4 Å². The SMILES string of the molecule is CC(C(=O)NN)C(C)N(C)CC1CCCC1. The van der Waals surface area contributed by atoms with Gasteiger partial charge in [0.15, 0.2) is 0 Å². The summed E-state index contributed by atoms with van der Waals surface area (Å²) in [6.07, 6.45) is 5.42. The highest BCUT2D eigenvalue weighted by Crippen LogP contribution is 2.26. The average Bonchev–Trinajstić information content (AvgIpc) is 2.78. The normalized spacial score (nSPS) is 21.1. The number of hydrogen-bond acceptors (Lipinski definition) is 3. The molecular formula is C12H25N3O. The van der Waals surface area contributed by atoms with Gasteiger partial charge >= 0.3 is 0 Å². The molecule has 1 aliphatic carbocycles. The van der Waals surface area contributed by atoms with Crippen LogP contribution < -0.4 is 11.3 Å². The molecule has 2 atom stereocenters. The van der Waals surface area contributed by atoms with E-state index in [9.17, 15) is 4.79 Å². The molecule has 0 aromatic rings. The van der Waals surface area contributed by atoms with Crippen LogP contribution in [0, 0.1) is 11.8 Å². The number of rotatable bonds is 5. The van der Waals surface area contributed by atoms with Crippen molar-refractivity contribution in [3.05, 3.63) is 0 Å². The van der Waals surface area contributed by atoms with Gasteiger partial charge in [0.1, 0.15) is 0 Å². The van der Waals surface area contributed by atoms with Crippen molar-refractivity contribution in [3.8, 4) is 0 Å². The zero-order chi connectivity index (χ0) is 12.1. The summed E-state index contributed by atoms with van der Waals surface area (Å²) in [5, 5.41) is 0. The van der Waals surface area contributed by atoms with Gasteiger partial charge in [-0.15, -0.1) is 0 Å². The lowest BCUT2D eigenvalue weighted by molar-refractivity contribution is -0.126. The van der Waals surface area contributed by atoms with Crippen molar-refractivity contribution in [2.45, 2.75) is 45.6 Å². The number of nitrogens with two attached hydrogens (primary N) is 1. The molecule has 4 nitrogen and oxygen atoms in total. The largest absolute Gasteiger partial charge is 0.303 e. The molecular weight excluding hydrogens is 202 g/mol. The zero-order valence-corrected chi connectivity index (χ0v) is 10.7. The van der Waals surface area contributed by atoms with Crippen molar-refractivity contribution in [1.82, 2.24) is 10.3 Å². The number of hydrogen-bond donors (Lipinski definition) is 2. The number of nitrogens with zero attached hydrogens (tertiary/aromatic N) is 1. The Hall–Kier alpha value is -0.610. The molecule has 0 aromatic carbocycles. The molecule has 1 aliphatic rings. The van der Waals surface area contributed by atoms with E-state index < -0.39 is 0 Å². The average molecular weight is 227 g/mol. The van der Waals surface area contributed by atoms with E-state index in [0.29, 0.717) is 0 Å². The van der Waals surface area contributed by atoms with Gasteiger partial charge in [-0.1, -0.05) is 19.8 Å². The lowest BCUT2D eigenvalue weighted by Gasteiger charge is -2.30. The summed E-state index contributed by atoms with van der Waals surface area (Å²) >= 11 is 0. The second kappa shape index (κ2) is 6.21. The standard InChI is InChI=1S/C12H25N3O/c1-9(12(16)14-13)10(2)15(3)8-11-6-4-5-7-11/h9-11H,4-8,13H2,1-3H3,(H,14,16). The molecule has 2 unspecified atom stereocenters. The Kier molecular flexibility index (Phi) is 5.22. The van der Waals surface area contributed by atoms with Crippen LogP contribution in [0.5, 0.6) is 0 Å². The molecule has 1 amide bonds. The van der Waals surface area contributed by atoms with E-state index in [1.807, 2.05) is 6.92 Å². The van der Waals surface area contributed by atoms with Gasteiger partial charge in [0.25, 0.3) is 0 Å². The maximum absolute atomic E-state index is 11.4. The highest BCUT2D eigenvalue weighted by Gasteiger charge is 2.25. The third-order valence-electron chi connectivity index (χ3n) is 4.00. The molecule has 0 saturated heterocycles. The van der Waals surface area contributed by atoms with Crippen LogP contribution in [-0.4, -0.2) is 30.4 Å². The molecule has 16 heavy (non-hydrogen) atoms. The molecule has 1 fully saturated rings. The first kappa shape index (κ1) is 13.5. The molecule has 94 valence electrons.